The molecule has 60 valence electrons. The van der Waals surface area contributed by atoms with Crippen molar-refractivity contribution in [1.29, 1.82) is 0 Å². The fourth-order valence-electron chi connectivity index (χ4n) is 1.08. The lowest BCUT2D eigenvalue weighted by Crippen LogP contribution is -1.93. The third kappa shape index (κ3) is 1.31. The summed E-state index contributed by atoms with van der Waals surface area (Å²) in [5, 5.41) is 0.525. The second kappa shape index (κ2) is 3.09. The fourth-order valence-corrected chi connectivity index (χ4v) is 1.29. The zero-order valence-electron chi connectivity index (χ0n) is 6.60. The van der Waals surface area contributed by atoms with Crippen LogP contribution in [0.15, 0.2) is 6.07 Å². The van der Waals surface area contributed by atoms with E-state index in [1.54, 1.807) is 0 Å². The van der Waals surface area contributed by atoms with Crippen LogP contribution < -0.4 is 0 Å². The molecule has 2 nitrogen and oxygen atoms in total. The van der Waals surface area contributed by atoms with Crippen molar-refractivity contribution in [2.75, 3.05) is 0 Å². The second-order valence-electron chi connectivity index (χ2n) is 2.41. The van der Waals surface area contributed by atoms with Gasteiger partial charge in [-0.3, -0.25) is 4.79 Å². The van der Waals surface area contributed by atoms with Gasteiger partial charge in [-0.05, 0) is 12.5 Å². The number of rotatable bonds is 2. The van der Waals surface area contributed by atoms with E-state index in [-0.39, 0.29) is 0 Å². The molecule has 0 bridgehead atoms. The highest BCUT2D eigenvalue weighted by Gasteiger charge is 2.07. The van der Waals surface area contributed by atoms with Crippen molar-refractivity contribution < 1.29 is 4.79 Å². The maximum absolute atomic E-state index is 10.4. The second-order valence-corrected chi connectivity index (χ2v) is 2.77. The lowest BCUT2D eigenvalue weighted by Gasteiger charge is -1.98. The van der Waals surface area contributed by atoms with Gasteiger partial charge in [0.25, 0.3) is 0 Å². The molecule has 11 heavy (non-hydrogen) atoms. The summed E-state index contributed by atoms with van der Waals surface area (Å²) in [5.74, 6) is 0. The fraction of sp³-hybridized carbons (Fsp3) is 0.375. The van der Waals surface area contributed by atoms with E-state index in [1.165, 1.54) is 0 Å². The van der Waals surface area contributed by atoms with Crippen LogP contribution in [0.4, 0.5) is 0 Å². The minimum Gasteiger partial charge on any atom is -0.338 e. The van der Waals surface area contributed by atoms with E-state index in [4.69, 9.17) is 11.6 Å². The topological polar surface area (TPSA) is 22.0 Å². The number of hydrogen-bond acceptors (Lipinski definition) is 1. The molecule has 0 amide bonds. The highest BCUT2D eigenvalue weighted by molar-refractivity contribution is 6.32. The van der Waals surface area contributed by atoms with E-state index in [9.17, 15) is 4.79 Å². The summed E-state index contributed by atoms with van der Waals surface area (Å²) < 4.78 is 1.82. The van der Waals surface area contributed by atoms with Gasteiger partial charge >= 0.3 is 0 Å². The van der Waals surface area contributed by atoms with Crippen LogP contribution >= 0.6 is 11.6 Å². The summed E-state index contributed by atoms with van der Waals surface area (Å²) in [4.78, 5) is 10.4. The predicted octanol–water partition coefficient (Wildman–Crippen LogP) is 2.05. The zero-order valence-corrected chi connectivity index (χ0v) is 7.35. The number of carbonyl (C=O) groups excluding carboxylic acids is 1. The Labute approximate surface area is 70.8 Å². The average molecular weight is 172 g/mol. The van der Waals surface area contributed by atoms with Gasteiger partial charge in [0.1, 0.15) is 5.15 Å². The van der Waals surface area contributed by atoms with Crippen molar-refractivity contribution in [2.24, 2.45) is 7.05 Å². The Hall–Kier alpha value is -0.760. The Balaban J connectivity index is 3.22. The molecule has 0 radical (unpaired) electrons. The first-order valence-electron chi connectivity index (χ1n) is 3.50. The minimum atomic E-state index is 0.525. The molecule has 1 aromatic heterocycles. The summed E-state index contributed by atoms with van der Waals surface area (Å²) in [6.45, 7) is 2.03. The van der Waals surface area contributed by atoms with Crippen LogP contribution in [0.5, 0.6) is 0 Å². The van der Waals surface area contributed by atoms with Crippen molar-refractivity contribution in [2.45, 2.75) is 13.3 Å². The lowest BCUT2D eigenvalue weighted by atomic mass is 10.3. The molecule has 1 rings (SSSR count). The van der Waals surface area contributed by atoms with E-state index in [0.717, 1.165) is 18.4 Å². The summed E-state index contributed by atoms with van der Waals surface area (Å²) in [5.41, 5.74) is 1.66. The van der Waals surface area contributed by atoms with Crippen molar-refractivity contribution >= 4 is 17.9 Å². The van der Waals surface area contributed by atoms with Gasteiger partial charge in [-0.25, -0.2) is 0 Å². The highest BCUT2D eigenvalue weighted by atomic mass is 35.5. The van der Waals surface area contributed by atoms with E-state index in [1.807, 2.05) is 24.6 Å². The minimum absolute atomic E-state index is 0.525. The van der Waals surface area contributed by atoms with E-state index in [0.29, 0.717) is 10.7 Å². The Bertz CT molecular complexity index is 278. The number of nitrogens with zero attached hydrogens (tertiary/aromatic N) is 1. The van der Waals surface area contributed by atoms with E-state index in [2.05, 4.69) is 0 Å². The maximum Gasteiger partial charge on any atom is 0.153 e. The molecule has 0 atom stereocenters. The molecule has 0 N–H and O–H groups in total. The standard InChI is InChI=1S/C8H10ClNO/c1-3-7-4-6(5-11)8(9)10(7)2/h4-5H,3H2,1-2H3. The van der Waals surface area contributed by atoms with Crippen LogP contribution in [0.3, 0.4) is 0 Å². The van der Waals surface area contributed by atoms with Crippen LogP contribution in [0.2, 0.25) is 5.15 Å². The summed E-state index contributed by atoms with van der Waals surface area (Å²) >= 11 is 5.82. The van der Waals surface area contributed by atoms with Crippen molar-refractivity contribution in [3.63, 3.8) is 0 Å². The molecule has 0 saturated heterocycles. The van der Waals surface area contributed by atoms with E-state index < -0.39 is 0 Å². The van der Waals surface area contributed by atoms with Crippen molar-refractivity contribution in [3.05, 3.63) is 22.5 Å². The van der Waals surface area contributed by atoms with Crippen LogP contribution in [0.1, 0.15) is 23.0 Å². The van der Waals surface area contributed by atoms with Crippen molar-refractivity contribution in [3.8, 4) is 0 Å². The maximum atomic E-state index is 10.4. The first-order chi connectivity index (χ1) is 5.20. The van der Waals surface area contributed by atoms with Gasteiger partial charge in [0.05, 0.1) is 5.56 Å². The predicted molar refractivity (Wildman–Crippen MR) is 45.2 cm³/mol. The normalized spacial score (nSPS) is 10.1. The molecule has 0 aromatic carbocycles. The molecule has 1 aromatic rings. The third-order valence-corrected chi connectivity index (χ3v) is 2.25. The number of carbonyl (C=O) groups is 1. The van der Waals surface area contributed by atoms with Crippen molar-refractivity contribution in [1.82, 2.24) is 4.57 Å². The molecular formula is C8H10ClNO. The van der Waals surface area contributed by atoms with Gasteiger partial charge in [-0.1, -0.05) is 18.5 Å². The largest absolute Gasteiger partial charge is 0.338 e. The van der Waals surface area contributed by atoms with Crippen LogP contribution in [-0.4, -0.2) is 10.9 Å². The van der Waals surface area contributed by atoms with Crippen LogP contribution in [0, 0.1) is 0 Å². The summed E-state index contributed by atoms with van der Waals surface area (Å²) in [7, 11) is 1.86. The first kappa shape index (κ1) is 8.34. The Morgan fingerprint density at radius 3 is 2.64 bits per heavy atom. The molecule has 0 aliphatic heterocycles. The van der Waals surface area contributed by atoms with Gasteiger partial charge in [0.15, 0.2) is 6.29 Å². The quantitative estimate of drug-likeness (QED) is 0.625. The first-order valence-corrected chi connectivity index (χ1v) is 3.87. The van der Waals surface area contributed by atoms with Gasteiger partial charge < -0.3 is 4.57 Å². The molecule has 1 heterocycles. The molecular weight excluding hydrogens is 162 g/mol. The molecule has 0 aliphatic carbocycles. The molecule has 0 saturated carbocycles. The average Bonchev–Trinajstić information content (AvgIpc) is 2.30. The summed E-state index contributed by atoms with van der Waals surface area (Å²) in [6, 6.07) is 1.81. The number of halogens is 1. The van der Waals surface area contributed by atoms with Gasteiger partial charge in [0, 0.05) is 12.7 Å². The Morgan fingerprint density at radius 1 is 1.73 bits per heavy atom. The Kier molecular flexibility index (Phi) is 2.35. The van der Waals surface area contributed by atoms with Gasteiger partial charge in [0.2, 0.25) is 0 Å². The SMILES string of the molecule is CCc1cc(C=O)c(Cl)n1C. The summed E-state index contributed by atoms with van der Waals surface area (Å²) in [6.07, 6.45) is 1.67. The monoisotopic (exact) mass is 171 g/mol. The van der Waals surface area contributed by atoms with Crippen LogP contribution in [0.25, 0.3) is 0 Å². The molecule has 3 heteroatoms. The third-order valence-electron chi connectivity index (χ3n) is 1.77. The highest BCUT2D eigenvalue weighted by Crippen LogP contribution is 2.18. The van der Waals surface area contributed by atoms with Gasteiger partial charge in [-0.2, -0.15) is 0 Å². The lowest BCUT2D eigenvalue weighted by molar-refractivity contribution is 0.112. The number of aldehydes is 1. The smallest absolute Gasteiger partial charge is 0.153 e. The molecule has 0 fully saturated rings. The molecule has 0 spiro atoms. The van der Waals surface area contributed by atoms with Crippen LogP contribution in [-0.2, 0) is 13.5 Å². The zero-order chi connectivity index (χ0) is 8.43. The number of aromatic nitrogens is 1. The Morgan fingerprint density at radius 2 is 2.36 bits per heavy atom. The number of aryl methyl sites for hydroxylation is 1. The van der Waals surface area contributed by atoms with Gasteiger partial charge in [-0.15, -0.1) is 0 Å². The number of hydrogen-bond donors (Lipinski definition) is 0. The molecule has 0 unspecified atom stereocenters. The molecule has 0 aliphatic rings. The van der Waals surface area contributed by atoms with E-state index >= 15 is 0 Å².